The third kappa shape index (κ3) is 6.29. The molecule has 1 saturated carbocycles. The Balaban J connectivity index is 1.29. The van der Waals surface area contributed by atoms with Gasteiger partial charge < -0.3 is 19.4 Å². The van der Waals surface area contributed by atoms with Gasteiger partial charge in [-0.15, -0.1) is 0 Å². The van der Waals surface area contributed by atoms with Gasteiger partial charge in [0.2, 0.25) is 12.2 Å². The Morgan fingerprint density at radius 1 is 0.854 bits per heavy atom. The molecule has 41 heavy (non-hydrogen) atoms. The van der Waals surface area contributed by atoms with Gasteiger partial charge in [-0.2, -0.15) is 0 Å². The van der Waals surface area contributed by atoms with Crippen molar-refractivity contribution in [2.24, 2.45) is 11.3 Å². The average molecular weight is 550 g/mol. The first-order chi connectivity index (χ1) is 20.1. The van der Waals surface area contributed by atoms with E-state index in [0.29, 0.717) is 26.3 Å². The highest BCUT2D eigenvalue weighted by Gasteiger charge is 2.37. The van der Waals surface area contributed by atoms with E-state index in [1.807, 2.05) is 30.3 Å². The zero-order valence-corrected chi connectivity index (χ0v) is 23.8. The summed E-state index contributed by atoms with van der Waals surface area (Å²) in [5.74, 6) is 1.06. The number of ether oxygens (including phenoxy) is 2. The summed E-state index contributed by atoms with van der Waals surface area (Å²) in [5, 5.41) is 3.20. The fourth-order valence-electron chi connectivity index (χ4n) is 5.97. The van der Waals surface area contributed by atoms with E-state index in [0.717, 1.165) is 54.0 Å². The first kappa shape index (κ1) is 27.4. The second kappa shape index (κ2) is 12.4. The van der Waals surface area contributed by atoms with Gasteiger partial charge >= 0.3 is 0 Å². The number of nitrogens with one attached hydrogen (secondary N) is 1. The number of carbonyl (C=O) groups is 1. The molecule has 3 aromatic carbocycles. The summed E-state index contributed by atoms with van der Waals surface area (Å²) in [5.41, 5.74) is 4.95. The number of rotatable bonds is 8. The molecular weight excluding hydrogens is 510 g/mol. The summed E-state index contributed by atoms with van der Waals surface area (Å²) >= 11 is 0. The molecule has 1 amide bonds. The lowest BCUT2D eigenvalue weighted by Crippen LogP contribution is -2.47. The third-order valence-corrected chi connectivity index (χ3v) is 8.32. The van der Waals surface area contributed by atoms with Crippen LogP contribution in [0, 0.1) is 11.3 Å². The molecule has 1 aliphatic carbocycles. The van der Waals surface area contributed by atoms with E-state index in [1.165, 1.54) is 12.0 Å². The number of aromatic nitrogens is 2. The standard InChI is InChI=1S/C35H39N3O3/c1-35(23-36-33(39)29-20-12-5-13-21-29)24-40-34(41-25-35)32-37-30(27-16-8-3-9-17-27)31(28-18-10-4-11-19-28)38(32)22-26-14-6-2-7-15-26/h2-4,6-11,14-19,29,34H,5,12-13,20-25H2,1H3,(H,36,39)/t34-,35-. The van der Waals surface area contributed by atoms with Crippen LogP contribution in [0.2, 0.25) is 0 Å². The topological polar surface area (TPSA) is 65.4 Å². The van der Waals surface area contributed by atoms with Crippen molar-refractivity contribution < 1.29 is 14.3 Å². The lowest BCUT2D eigenvalue weighted by molar-refractivity contribution is -0.233. The number of imidazole rings is 1. The fraction of sp³-hybridized carbons (Fsp3) is 0.371. The minimum Gasteiger partial charge on any atom is -0.355 e. The lowest BCUT2D eigenvalue weighted by atomic mass is 9.87. The van der Waals surface area contributed by atoms with Crippen LogP contribution in [0.25, 0.3) is 22.5 Å². The molecule has 2 heterocycles. The number of amides is 1. The Hall–Kier alpha value is -3.74. The highest BCUT2D eigenvalue weighted by molar-refractivity contribution is 5.79. The molecule has 2 aliphatic rings. The van der Waals surface area contributed by atoms with E-state index in [1.54, 1.807) is 0 Å². The molecule has 4 aromatic rings. The Morgan fingerprint density at radius 2 is 1.44 bits per heavy atom. The molecule has 1 N–H and O–H groups in total. The number of nitrogens with zero attached hydrogens (tertiary/aromatic N) is 2. The maximum absolute atomic E-state index is 12.8. The smallest absolute Gasteiger partial charge is 0.223 e. The summed E-state index contributed by atoms with van der Waals surface area (Å²) in [4.78, 5) is 18.0. The van der Waals surface area contributed by atoms with E-state index >= 15 is 0 Å². The van der Waals surface area contributed by atoms with Crippen molar-refractivity contribution in [2.45, 2.75) is 51.9 Å². The van der Waals surface area contributed by atoms with Gasteiger partial charge in [0.15, 0.2) is 5.82 Å². The van der Waals surface area contributed by atoms with Crippen LogP contribution < -0.4 is 5.32 Å². The summed E-state index contributed by atoms with van der Waals surface area (Å²) in [6.45, 7) is 4.24. The van der Waals surface area contributed by atoms with Crippen molar-refractivity contribution >= 4 is 5.91 Å². The van der Waals surface area contributed by atoms with Gasteiger partial charge in [0.1, 0.15) is 0 Å². The summed E-state index contributed by atoms with van der Waals surface area (Å²) in [7, 11) is 0. The molecule has 6 heteroatoms. The predicted molar refractivity (Wildman–Crippen MR) is 161 cm³/mol. The summed E-state index contributed by atoms with van der Waals surface area (Å²) < 4.78 is 15.1. The molecule has 1 aliphatic heterocycles. The first-order valence-corrected chi connectivity index (χ1v) is 14.9. The minimum atomic E-state index is -0.610. The van der Waals surface area contributed by atoms with Gasteiger partial charge in [-0.1, -0.05) is 117 Å². The van der Waals surface area contributed by atoms with Gasteiger partial charge in [-0.05, 0) is 18.4 Å². The molecule has 0 bridgehead atoms. The van der Waals surface area contributed by atoms with Crippen molar-refractivity contribution in [3.8, 4) is 22.5 Å². The van der Waals surface area contributed by atoms with Crippen molar-refractivity contribution in [1.82, 2.24) is 14.9 Å². The van der Waals surface area contributed by atoms with E-state index in [-0.39, 0.29) is 17.2 Å². The van der Waals surface area contributed by atoms with Crippen LogP contribution in [0.5, 0.6) is 0 Å². The second-order valence-electron chi connectivity index (χ2n) is 11.8. The number of benzene rings is 3. The van der Waals surface area contributed by atoms with E-state index in [4.69, 9.17) is 14.5 Å². The Labute approximate surface area is 242 Å². The molecule has 6 nitrogen and oxygen atoms in total. The monoisotopic (exact) mass is 549 g/mol. The minimum absolute atomic E-state index is 0.142. The molecule has 212 valence electrons. The van der Waals surface area contributed by atoms with Crippen molar-refractivity contribution in [3.63, 3.8) is 0 Å². The van der Waals surface area contributed by atoms with Crippen LogP contribution in [-0.4, -0.2) is 35.2 Å². The van der Waals surface area contributed by atoms with Crippen LogP contribution in [0.1, 0.15) is 56.7 Å². The molecule has 0 radical (unpaired) electrons. The van der Waals surface area contributed by atoms with Crippen LogP contribution in [0.15, 0.2) is 91.0 Å². The quantitative estimate of drug-likeness (QED) is 0.257. The highest BCUT2D eigenvalue weighted by Crippen LogP contribution is 2.38. The lowest BCUT2D eigenvalue weighted by Gasteiger charge is -2.37. The van der Waals surface area contributed by atoms with Gasteiger partial charge in [-0.3, -0.25) is 4.79 Å². The van der Waals surface area contributed by atoms with Gasteiger partial charge in [0, 0.05) is 35.5 Å². The van der Waals surface area contributed by atoms with Crippen LogP contribution in [0.4, 0.5) is 0 Å². The number of hydrogen-bond acceptors (Lipinski definition) is 4. The zero-order chi connectivity index (χ0) is 28.1. The Kier molecular flexibility index (Phi) is 8.31. The maximum Gasteiger partial charge on any atom is 0.223 e. The second-order valence-corrected chi connectivity index (χ2v) is 11.8. The molecule has 0 unspecified atom stereocenters. The van der Waals surface area contributed by atoms with Crippen molar-refractivity contribution in [1.29, 1.82) is 0 Å². The molecular formula is C35H39N3O3. The van der Waals surface area contributed by atoms with Crippen molar-refractivity contribution in [2.75, 3.05) is 19.8 Å². The summed E-state index contributed by atoms with van der Waals surface area (Å²) in [6, 6.07) is 31.1. The van der Waals surface area contributed by atoms with Gasteiger partial charge in [0.05, 0.1) is 24.6 Å². The summed E-state index contributed by atoms with van der Waals surface area (Å²) in [6.07, 6.45) is 4.91. The largest absolute Gasteiger partial charge is 0.355 e. The van der Waals surface area contributed by atoms with Gasteiger partial charge in [-0.25, -0.2) is 4.98 Å². The Morgan fingerprint density at radius 3 is 2.07 bits per heavy atom. The van der Waals surface area contributed by atoms with Crippen LogP contribution in [0.3, 0.4) is 0 Å². The van der Waals surface area contributed by atoms with Crippen LogP contribution in [-0.2, 0) is 20.8 Å². The predicted octanol–water partition coefficient (Wildman–Crippen LogP) is 7.01. The van der Waals surface area contributed by atoms with Crippen LogP contribution >= 0.6 is 0 Å². The average Bonchev–Trinajstić information content (AvgIpc) is 3.41. The zero-order valence-electron chi connectivity index (χ0n) is 23.8. The molecule has 0 spiro atoms. The van der Waals surface area contributed by atoms with E-state index in [2.05, 4.69) is 77.5 Å². The normalized spacial score (nSPS) is 21.4. The van der Waals surface area contributed by atoms with Gasteiger partial charge in [0.25, 0.3) is 0 Å². The molecule has 1 saturated heterocycles. The number of carbonyl (C=O) groups excluding carboxylic acids is 1. The first-order valence-electron chi connectivity index (χ1n) is 14.9. The highest BCUT2D eigenvalue weighted by atomic mass is 16.7. The SMILES string of the molecule is C[C@]1(CNC(=O)C2CCCCC2)CO[C@H](c2nc(-c3ccccc3)c(-c3ccccc3)n2Cc2ccccc2)OC1. The fourth-order valence-corrected chi connectivity index (χ4v) is 5.97. The van der Waals surface area contributed by atoms with E-state index < -0.39 is 6.29 Å². The molecule has 1 aromatic heterocycles. The Bertz CT molecular complexity index is 1420. The van der Waals surface area contributed by atoms with Crippen molar-refractivity contribution in [3.05, 3.63) is 102 Å². The molecule has 6 rings (SSSR count). The molecule has 2 fully saturated rings. The third-order valence-electron chi connectivity index (χ3n) is 8.32. The number of hydrogen-bond donors (Lipinski definition) is 1. The van der Waals surface area contributed by atoms with E-state index in [9.17, 15) is 4.79 Å². The maximum atomic E-state index is 12.8. The molecule has 0 atom stereocenters.